The minimum Gasteiger partial charge on any atom is -0.312 e. The number of piperidine rings is 1. The second kappa shape index (κ2) is 4.78. The molecule has 1 aliphatic heterocycles. The summed E-state index contributed by atoms with van der Waals surface area (Å²) < 4.78 is 1.80. The van der Waals surface area contributed by atoms with E-state index in [0.717, 1.165) is 30.5 Å². The van der Waals surface area contributed by atoms with Gasteiger partial charge >= 0.3 is 5.69 Å². The van der Waals surface area contributed by atoms with Crippen LogP contribution in [0.3, 0.4) is 0 Å². The minimum atomic E-state index is -0.0559. The van der Waals surface area contributed by atoms with Crippen molar-refractivity contribution in [2.45, 2.75) is 31.8 Å². The number of hydrogen-bond donors (Lipinski definition) is 2. The van der Waals surface area contributed by atoms with Gasteiger partial charge in [0, 0.05) is 17.6 Å². The van der Waals surface area contributed by atoms with Gasteiger partial charge in [-0.1, -0.05) is 18.0 Å². The SMILES string of the molecule is O=c1[nH]c2cc(Cl)ccc2n1CC1CCCCN1. The van der Waals surface area contributed by atoms with Crippen LogP contribution in [0.1, 0.15) is 19.3 Å². The second-order valence-electron chi connectivity index (χ2n) is 4.85. The molecule has 4 nitrogen and oxygen atoms in total. The Morgan fingerprint density at radius 2 is 2.28 bits per heavy atom. The third-order valence-electron chi connectivity index (χ3n) is 3.55. The van der Waals surface area contributed by atoms with Gasteiger partial charge in [-0.3, -0.25) is 4.57 Å². The third-order valence-corrected chi connectivity index (χ3v) is 3.79. The Morgan fingerprint density at radius 1 is 1.39 bits per heavy atom. The summed E-state index contributed by atoms with van der Waals surface area (Å²) in [5.74, 6) is 0. The molecule has 2 N–H and O–H groups in total. The molecule has 1 aromatic heterocycles. The van der Waals surface area contributed by atoms with Crippen LogP contribution < -0.4 is 11.0 Å². The first-order valence-corrected chi connectivity index (χ1v) is 6.73. The summed E-state index contributed by atoms with van der Waals surface area (Å²) >= 11 is 5.93. The second-order valence-corrected chi connectivity index (χ2v) is 5.29. The monoisotopic (exact) mass is 265 g/mol. The van der Waals surface area contributed by atoms with E-state index in [1.165, 1.54) is 12.8 Å². The molecule has 0 saturated carbocycles. The van der Waals surface area contributed by atoms with Gasteiger partial charge in [0.25, 0.3) is 0 Å². The highest BCUT2D eigenvalue weighted by Crippen LogP contribution is 2.17. The smallest absolute Gasteiger partial charge is 0.312 e. The first-order chi connectivity index (χ1) is 8.74. The molecule has 1 aromatic carbocycles. The minimum absolute atomic E-state index is 0.0559. The van der Waals surface area contributed by atoms with E-state index in [4.69, 9.17) is 11.6 Å². The fourth-order valence-electron chi connectivity index (χ4n) is 2.62. The highest BCUT2D eigenvalue weighted by Gasteiger charge is 2.16. The van der Waals surface area contributed by atoms with E-state index in [1.807, 2.05) is 12.1 Å². The maximum atomic E-state index is 12.0. The van der Waals surface area contributed by atoms with Crippen molar-refractivity contribution in [1.82, 2.24) is 14.9 Å². The van der Waals surface area contributed by atoms with E-state index in [2.05, 4.69) is 10.3 Å². The lowest BCUT2D eigenvalue weighted by atomic mass is 10.1. The first kappa shape index (κ1) is 11.8. The van der Waals surface area contributed by atoms with E-state index >= 15 is 0 Å². The van der Waals surface area contributed by atoms with E-state index in [1.54, 1.807) is 10.6 Å². The van der Waals surface area contributed by atoms with Crippen LogP contribution in [0.5, 0.6) is 0 Å². The molecule has 1 fully saturated rings. The van der Waals surface area contributed by atoms with Crippen molar-refractivity contribution in [3.63, 3.8) is 0 Å². The molecular weight excluding hydrogens is 250 g/mol. The maximum Gasteiger partial charge on any atom is 0.326 e. The van der Waals surface area contributed by atoms with Gasteiger partial charge in [-0.25, -0.2) is 4.79 Å². The van der Waals surface area contributed by atoms with E-state index < -0.39 is 0 Å². The van der Waals surface area contributed by atoms with Crippen molar-refractivity contribution in [3.05, 3.63) is 33.7 Å². The zero-order valence-electron chi connectivity index (χ0n) is 10.1. The molecule has 0 spiro atoms. The van der Waals surface area contributed by atoms with Gasteiger partial charge in [-0.2, -0.15) is 0 Å². The summed E-state index contributed by atoms with van der Waals surface area (Å²) in [7, 11) is 0. The van der Waals surface area contributed by atoms with Gasteiger partial charge in [-0.05, 0) is 37.6 Å². The van der Waals surface area contributed by atoms with Crippen LogP contribution in [0.15, 0.2) is 23.0 Å². The number of aromatic nitrogens is 2. The largest absolute Gasteiger partial charge is 0.326 e. The fraction of sp³-hybridized carbons (Fsp3) is 0.462. The van der Waals surface area contributed by atoms with Crippen molar-refractivity contribution in [2.75, 3.05) is 6.54 Å². The highest BCUT2D eigenvalue weighted by atomic mass is 35.5. The van der Waals surface area contributed by atoms with Crippen molar-refractivity contribution in [1.29, 1.82) is 0 Å². The number of halogens is 1. The van der Waals surface area contributed by atoms with Crippen LogP contribution in [-0.4, -0.2) is 22.1 Å². The van der Waals surface area contributed by atoms with Gasteiger partial charge < -0.3 is 10.3 Å². The molecule has 2 aromatic rings. The molecule has 18 heavy (non-hydrogen) atoms. The number of nitrogens with zero attached hydrogens (tertiary/aromatic N) is 1. The van der Waals surface area contributed by atoms with Crippen LogP contribution >= 0.6 is 11.6 Å². The number of nitrogens with one attached hydrogen (secondary N) is 2. The van der Waals surface area contributed by atoms with Gasteiger partial charge in [0.05, 0.1) is 11.0 Å². The Balaban J connectivity index is 1.95. The number of aromatic amines is 1. The number of H-pyrrole nitrogens is 1. The standard InChI is InChI=1S/C13H16ClN3O/c14-9-4-5-12-11(7-9)16-13(18)17(12)8-10-3-1-2-6-15-10/h4-5,7,10,15H,1-3,6,8H2,(H,16,18). The molecule has 5 heteroatoms. The number of rotatable bonds is 2. The van der Waals surface area contributed by atoms with E-state index in [9.17, 15) is 4.79 Å². The maximum absolute atomic E-state index is 12.0. The molecule has 1 saturated heterocycles. The Labute approximate surface area is 110 Å². The van der Waals surface area contributed by atoms with E-state index in [-0.39, 0.29) is 5.69 Å². The quantitative estimate of drug-likeness (QED) is 0.874. The van der Waals surface area contributed by atoms with Crippen LogP contribution in [0.4, 0.5) is 0 Å². The summed E-state index contributed by atoms with van der Waals surface area (Å²) in [4.78, 5) is 14.8. The molecule has 0 amide bonds. The third kappa shape index (κ3) is 2.18. The predicted molar refractivity (Wildman–Crippen MR) is 73.2 cm³/mol. The molecule has 0 radical (unpaired) electrons. The first-order valence-electron chi connectivity index (χ1n) is 6.35. The average Bonchev–Trinajstić information content (AvgIpc) is 2.66. The lowest BCUT2D eigenvalue weighted by Gasteiger charge is -2.23. The molecule has 1 aliphatic rings. The molecule has 1 unspecified atom stereocenters. The summed E-state index contributed by atoms with van der Waals surface area (Å²) in [6.07, 6.45) is 3.60. The highest BCUT2D eigenvalue weighted by molar-refractivity contribution is 6.31. The van der Waals surface area contributed by atoms with Gasteiger partial charge in [0.15, 0.2) is 0 Å². The van der Waals surface area contributed by atoms with Gasteiger partial charge in [-0.15, -0.1) is 0 Å². The topological polar surface area (TPSA) is 49.8 Å². The van der Waals surface area contributed by atoms with Crippen molar-refractivity contribution in [2.24, 2.45) is 0 Å². The van der Waals surface area contributed by atoms with Crippen molar-refractivity contribution >= 4 is 22.6 Å². The predicted octanol–water partition coefficient (Wildman–Crippen LogP) is 2.13. The van der Waals surface area contributed by atoms with Gasteiger partial charge in [0.1, 0.15) is 0 Å². The number of hydrogen-bond acceptors (Lipinski definition) is 2. The van der Waals surface area contributed by atoms with Gasteiger partial charge in [0.2, 0.25) is 0 Å². The zero-order chi connectivity index (χ0) is 12.5. The average molecular weight is 266 g/mol. The zero-order valence-corrected chi connectivity index (χ0v) is 10.8. The number of imidazole rings is 1. The van der Waals surface area contributed by atoms with E-state index in [0.29, 0.717) is 11.1 Å². The molecule has 0 bridgehead atoms. The van der Waals surface area contributed by atoms with Crippen LogP contribution in [-0.2, 0) is 6.54 Å². The summed E-state index contributed by atoms with van der Waals surface area (Å²) in [6, 6.07) is 5.91. The summed E-state index contributed by atoms with van der Waals surface area (Å²) in [5, 5.41) is 4.11. The molecule has 1 atom stereocenters. The Hall–Kier alpha value is -1.26. The lowest BCUT2D eigenvalue weighted by molar-refractivity contribution is 0.363. The number of benzene rings is 1. The van der Waals surface area contributed by atoms with Crippen LogP contribution in [0.25, 0.3) is 11.0 Å². The van der Waals surface area contributed by atoms with Crippen molar-refractivity contribution in [3.8, 4) is 0 Å². The van der Waals surface area contributed by atoms with Crippen molar-refractivity contribution < 1.29 is 0 Å². The Bertz CT molecular complexity index is 610. The molecule has 96 valence electrons. The summed E-state index contributed by atoms with van der Waals surface area (Å²) in [5.41, 5.74) is 1.68. The molecular formula is C13H16ClN3O. The lowest BCUT2D eigenvalue weighted by Crippen LogP contribution is -2.39. The number of fused-ring (bicyclic) bond motifs is 1. The van der Waals surface area contributed by atoms with Crippen LogP contribution in [0.2, 0.25) is 5.02 Å². The van der Waals surface area contributed by atoms with Crippen LogP contribution in [0, 0.1) is 0 Å². The Kier molecular flexibility index (Phi) is 3.14. The molecule has 0 aliphatic carbocycles. The molecule has 2 heterocycles. The Morgan fingerprint density at radius 3 is 3.06 bits per heavy atom. The normalized spacial score (nSPS) is 20.4. The summed E-state index contributed by atoms with van der Waals surface area (Å²) in [6.45, 7) is 1.77. The fourth-order valence-corrected chi connectivity index (χ4v) is 2.79. The molecule has 3 rings (SSSR count).